The molecule has 1 N–H and O–H groups in total. The van der Waals surface area contributed by atoms with Crippen molar-refractivity contribution >= 4 is 33.8 Å². The number of tetrazole rings is 1. The normalized spacial score (nSPS) is 12.7. The molecule has 0 saturated carbocycles. The van der Waals surface area contributed by atoms with E-state index in [9.17, 15) is 0 Å². The van der Waals surface area contributed by atoms with E-state index in [4.69, 9.17) is 17.2 Å². The van der Waals surface area contributed by atoms with Gasteiger partial charge >= 0.3 is 0 Å². The first-order valence-corrected chi connectivity index (χ1v) is 10.5. The average Bonchev–Trinajstić information content (AvgIpc) is 3.25. The highest BCUT2D eigenvalue weighted by Gasteiger charge is 2.13. The van der Waals surface area contributed by atoms with Crippen molar-refractivity contribution in [3.05, 3.63) is 63.9 Å². The van der Waals surface area contributed by atoms with Crippen LogP contribution in [-0.4, -0.2) is 31.8 Å². The zero-order valence-electron chi connectivity index (χ0n) is 16.2. The van der Waals surface area contributed by atoms with E-state index >= 15 is 0 Å². The molecule has 2 heterocycles. The summed E-state index contributed by atoms with van der Waals surface area (Å²) in [6, 6.07) is 16.6. The maximum atomic E-state index is 5.60. The molecule has 0 bridgehead atoms. The molecule has 1 atom stereocenters. The fourth-order valence-corrected chi connectivity index (χ4v) is 4.43. The van der Waals surface area contributed by atoms with Crippen LogP contribution in [0.4, 0.5) is 0 Å². The minimum absolute atomic E-state index is 0.498. The molecule has 4 aromatic rings. The van der Waals surface area contributed by atoms with Crippen molar-refractivity contribution in [1.29, 1.82) is 0 Å². The molecule has 1 unspecified atom stereocenters. The third-order valence-corrected chi connectivity index (χ3v) is 6.07. The lowest BCUT2D eigenvalue weighted by Crippen LogP contribution is -3.07. The first-order valence-electron chi connectivity index (χ1n) is 9.30. The fourth-order valence-electron chi connectivity index (χ4n) is 3.10. The Labute approximate surface area is 173 Å². The van der Waals surface area contributed by atoms with Crippen LogP contribution in [0, 0.1) is 4.77 Å². The third-order valence-electron chi connectivity index (χ3n) is 4.65. The maximum absolute atomic E-state index is 5.60. The smallest absolute Gasteiger partial charge is 0.225 e. The number of hydrogen-bond acceptors (Lipinski definition) is 5. The summed E-state index contributed by atoms with van der Waals surface area (Å²) < 4.78 is 5.30. The minimum Gasteiger partial charge on any atom is -0.313 e. The fraction of sp³-hybridized carbons (Fsp3) is 0.300. The van der Waals surface area contributed by atoms with Gasteiger partial charge in [-0.05, 0) is 58.4 Å². The Balaban J connectivity index is 1.48. The van der Waals surface area contributed by atoms with Crippen LogP contribution in [0.5, 0.6) is 0 Å². The molecule has 0 saturated heterocycles. The number of nitrogens with zero attached hydrogens (tertiary/aromatic N) is 5. The van der Waals surface area contributed by atoms with Crippen LogP contribution in [0.1, 0.15) is 30.3 Å². The van der Waals surface area contributed by atoms with Gasteiger partial charge in [0.1, 0.15) is 11.6 Å². The lowest BCUT2D eigenvalue weighted by atomic mass is 10.0. The highest BCUT2D eigenvalue weighted by molar-refractivity contribution is 7.71. The van der Waals surface area contributed by atoms with Crippen molar-refractivity contribution in [3.8, 4) is 5.69 Å². The zero-order chi connectivity index (χ0) is 19.7. The van der Waals surface area contributed by atoms with Gasteiger partial charge < -0.3 is 4.90 Å². The maximum Gasteiger partial charge on any atom is 0.225 e. The molecule has 0 aliphatic carbocycles. The zero-order valence-corrected chi connectivity index (χ0v) is 17.8. The number of para-hydroxylation sites is 1. The first kappa shape index (κ1) is 18.9. The molecule has 4 rings (SSSR count). The van der Waals surface area contributed by atoms with Crippen molar-refractivity contribution < 1.29 is 4.90 Å². The molecule has 2 aromatic heterocycles. The van der Waals surface area contributed by atoms with Gasteiger partial charge in [0, 0.05) is 0 Å². The van der Waals surface area contributed by atoms with Crippen LogP contribution in [0.25, 0.3) is 15.9 Å². The van der Waals surface area contributed by atoms with Crippen LogP contribution in [0.3, 0.4) is 0 Å². The summed E-state index contributed by atoms with van der Waals surface area (Å²) in [6.07, 6.45) is 0. The first-order chi connectivity index (χ1) is 13.5. The van der Waals surface area contributed by atoms with Crippen molar-refractivity contribution in [2.75, 3.05) is 7.05 Å². The van der Waals surface area contributed by atoms with Gasteiger partial charge in [0.15, 0.2) is 6.67 Å². The van der Waals surface area contributed by atoms with Crippen molar-refractivity contribution in [3.63, 3.8) is 0 Å². The lowest BCUT2D eigenvalue weighted by molar-refractivity contribution is -0.917. The molecule has 2 aromatic carbocycles. The molecule has 0 spiro atoms. The van der Waals surface area contributed by atoms with Crippen LogP contribution >= 0.6 is 23.6 Å². The van der Waals surface area contributed by atoms with Gasteiger partial charge in [-0.25, -0.2) is 4.98 Å². The predicted molar refractivity (Wildman–Crippen MR) is 114 cm³/mol. The second kappa shape index (κ2) is 7.90. The standard InChI is InChI=1S/C20H22N6S2/c1-14(2)15-8-10-16(11-9-15)26-20(27)25(22-23-26)13-24(3)12-19-21-17-6-4-5-7-18(17)28-19/h4-11,14H,12-13H2,1-3H3/p+1. The van der Waals surface area contributed by atoms with Crippen LogP contribution in [-0.2, 0) is 13.2 Å². The van der Waals surface area contributed by atoms with Gasteiger partial charge in [0.2, 0.25) is 4.77 Å². The van der Waals surface area contributed by atoms with Gasteiger partial charge in [0.25, 0.3) is 0 Å². The average molecular weight is 412 g/mol. The summed E-state index contributed by atoms with van der Waals surface area (Å²) in [4.78, 5) is 5.96. The second-order valence-electron chi connectivity index (χ2n) is 7.29. The van der Waals surface area contributed by atoms with E-state index in [1.807, 2.05) is 24.3 Å². The van der Waals surface area contributed by atoms with E-state index in [1.54, 1.807) is 20.7 Å². The summed E-state index contributed by atoms with van der Waals surface area (Å²) in [7, 11) is 2.12. The third kappa shape index (κ3) is 3.89. The molecule has 0 aliphatic rings. The van der Waals surface area contributed by atoms with Crippen molar-refractivity contribution in [2.24, 2.45) is 0 Å². The van der Waals surface area contributed by atoms with Gasteiger partial charge in [0.05, 0.1) is 23.0 Å². The molecule has 144 valence electrons. The Morgan fingerprint density at radius 2 is 1.82 bits per heavy atom. The summed E-state index contributed by atoms with van der Waals surface area (Å²) in [5, 5.41) is 9.63. The topological polar surface area (TPSA) is 53.0 Å². The molecule has 0 aliphatic heterocycles. The summed E-state index contributed by atoms with van der Waals surface area (Å²) in [5.74, 6) is 0.498. The Kier molecular flexibility index (Phi) is 5.34. The largest absolute Gasteiger partial charge is 0.313 e. The number of benzene rings is 2. The summed E-state index contributed by atoms with van der Waals surface area (Å²) in [5.41, 5.74) is 3.29. The second-order valence-corrected chi connectivity index (χ2v) is 8.77. The number of quaternary nitrogens is 1. The van der Waals surface area contributed by atoms with E-state index < -0.39 is 0 Å². The van der Waals surface area contributed by atoms with Gasteiger partial charge in [-0.15, -0.1) is 11.3 Å². The monoisotopic (exact) mass is 411 g/mol. The highest BCUT2D eigenvalue weighted by atomic mass is 32.1. The van der Waals surface area contributed by atoms with Crippen molar-refractivity contribution in [1.82, 2.24) is 24.8 Å². The van der Waals surface area contributed by atoms with Crippen LogP contribution < -0.4 is 4.90 Å². The highest BCUT2D eigenvalue weighted by Crippen LogP contribution is 2.20. The molecule has 6 nitrogen and oxygen atoms in total. The summed E-state index contributed by atoms with van der Waals surface area (Å²) >= 11 is 7.34. The number of nitrogens with one attached hydrogen (secondary N) is 1. The number of fused-ring (bicyclic) bond motifs is 1. The quantitative estimate of drug-likeness (QED) is 0.495. The lowest BCUT2D eigenvalue weighted by Gasteiger charge is -2.11. The Morgan fingerprint density at radius 3 is 2.54 bits per heavy atom. The Bertz CT molecular complexity index is 1110. The molecule has 0 fully saturated rings. The van der Waals surface area contributed by atoms with Crippen LogP contribution in [0.15, 0.2) is 48.5 Å². The van der Waals surface area contributed by atoms with Gasteiger partial charge in [-0.2, -0.15) is 9.36 Å². The van der Waals surface area contributed by atoms with E-state index in [0.29, 0.717) is 17.4 Å². The number of thiazole rings is 1. The number of hydrogen-bond donors (Lipinski definition) is 1. The predicted octanol–water partition coefficient (Wildman–Crippen LogP) is 3.20. The van der Waals surface area contributed by atoms with Crippen molar-refractivity contribution in [2.45, 2.75) is 33.0 Å². The number of rotatable bonds is 6. The molecule has 8 heteroatoms. The van der Waals surface area contributed by atoms with Gasteiger partial charge in [-0.3, -0.25) is 0 Å². The molecular weight excluding hydrogens is 388 g/mol. The number of aromatic nitrogens is 5. The minimum atomic E-state index is 0.498. The van der Waals surface area contributed by atoms with Gasteiger partial charge in [-0.1, -0.05) is 38.1 Å². The molecule has 0 amide bonds. The van der Waals surface area contributed by atoms with E-state index in [2.05, 4.69) is 55.6 Å². The van der Waals surface area contributed by atoms with E-state index in [0.717, 1.165) is 22.8 Å². The molecule has 0 radical (unpaired) electrons. The summed E-state index contributed by atoms with van der Waals surface area (Å²) in [6.45, 7) is 5.82. The Morgan fingerprint density at radius 1 is 1.07 bits per heavy atom. The van der Waals surface area contributed by atoms with Crippen LogP contribution in [0.2, 0.25) is 0 Å². The van der Waals surface area contributed by atoms with E-state index in [-0.39, 0.29) is 0 Å². The van der Waals surface area contributed by atoms with E-state index in [1.165, 1.54) is 15.2 Å². The SMILES string of the molecule is CC(C)c1ccc(-n2nnn(C[NH+](C)Cc3nc4ccccc4s3)c2=S)cc1. The molecule has 28 heavy (non-hydrogen) atoms. The Hall–Kier alpha value is -2.42. The molecular formula is C20H23N6S2+.